The van der Waals surface area contributed by atoms with Gasteiger partial charge in [-0.1, -0.05) is 12.1 Å². The minimum Gasteiger partial charge on any atom is -0.383 e. The fourth-order valence-corrected chi connectivity index (χ4v) is 4.18. The smallest absolute Gasteiger partial charge is 0.383 e. The molecule has 0 radical (unpaired) electrons. The lowest BCUT2D eigenvalue weighted by Crippen LogP contribution is -2.36. The molecule has 1 aromatic carbocycles. The summed E-state index contributed by atoms with van der Waals surface area (Å²) in [6, 6.07) is 5.39. The van der Waals surface area contributed by atoms with Crippen LogP contribution in [0.3, 0.4) is 0 Å². The largest absolute Gasteiger partial charge is 0.453 e. The van der Waals surface area contributed by atoms with Gasteiger partial charge in [0.15, 0.2) is 11.5 Å². The molecule has 3 aromatic heterocycles. The number of carbonyl (C=O) groups excluding carboxylic acids is 1. The van der Waals surface area contributed by atoms with Crippen molar-refractivity contribution in [1.82, 2.24) is 29.5 Å². The second-order valence-electron chi connectivity index (χ2n) is 8.55. The number of aryl methyl sites for hydroxylation is 1. The Morgan fingerprint density at radius 1 is 1.14 bits per heavy atom. The fraction of sp³-hybridized carbons (Fsp3) is 0.273. The number of nitrogens with zero attached hydrogens (tertiary/aromatic N) is 6. The molecule has 4 heterocycles. The second-order valence-corrected chi connectivity index (χ2v) is 8.55. The zero-order chi connectivity index (χ0) is 26.8. The summed E-state index contributed by atoms with van der Waals surface area (Å²) in [6.45, 7) is 1.53. The highest BCUT2D eigenvalue weighted by atomic mass is 19.4. The van der Waals surface area contributed by atoms with E-state index in [1.807, 2.05) is 0 Å². The molecule has 1 aliphatic rings. The Bertz CT molecular complexity index is 1550. The minimum atomic E-state index is -5.72. The Morgan fingerprint density at radius 3 is 2.59 bits per heavy atom. The van der Waals surface area contributed by atoms with Crippen LogP contribution in [0.1, 0.15) is 30.2 Å². The van der Waals surface area contributed by atoms with E-state index in [1.165, 1.54) is 31.3 Å². The number of hydrogen-bond donors (Lipinski definition) is 2. The van der Waals surface area contributed by atoms with Crippen molar-refractivity contribution in [1.29, 1.82) is 0 Å². The van der Waals surface area contributed by atoms with Crippen LogP contribution >= 0.6 is 0 Å². The number of halogens is 6. The van der Waals surface area contributed by atoms with Gasteiger partial charge in [0.05, 0.1) is 17.5 Å². The summed E-state index contributed by atoms with van der Waals surface area (Å²) in [5.74, 6) is -6.32. The number of alkyl halides is 5. The summed E-state index contributed by atoms with van der Waals surface area (Å²) in [6.07, 6.45) is -5.70. The molecule has 4 aromatic rings. The van der Waals surface area contributed by atoms with Crippen molar-refractivity contribution in [2.75, 3.05) is 11.1 Å². The first-order chi connectivity index (χ1) is 17.3. The van der Waals surface area contributed by atoms with Gasteiger partial charge in [0.2, 0.25) is 5.91 Å². The average Bonchev–Trinajstić information content (AvgIpc) is 3.39. The second kappa shape index (κ2) is 8.11. The molecule has 9 nitrogen and oxygen atoms in total. The molecular formula is C22H16F6N8O. The van der Waals surface area contributed by atoms with Gasteiger partial charge in [0, 0.05) is 6.42 Å². The van der Waals surface area contributed by atoms with Crippen LogP contribution in [0.25, 0.3) is 17.2 Å². The van der Waals surface area contributed by atoms with Crippen molar-refractivity contribution in [3.05, 3.63) is 59.4 Å². The molecule has 192 valence electrons. The number of hydrogen-bond acceptors (Lipinski definition) is 7. The number of nitrogens with one attached hydrogen (secondary N) is 1. The van der Waals surface area contributed by atoms with E-state index in [9.17, 15) is 31.1 Å². The van der Waals surface area contributed by atoms with Crippen LogP contribution in [0.4, 0.5) is 38.0 Å². The molecule has 3 N–H and O–H groups in total. The SMILES string of the molecule is CC1(c2cccc(F)c2)C(=O)Nc2nc(-c3cn4ncnc4c(CCC(F)(F)C(F)(F)F)n3)nc(N)c21. The molecule has 15 heteroatoms. The van der Waals surface area contributed by atoms with E-state index in [-0.39, 0.29) is 40.1 Å². The standard InChI is InChI=1S/C22H16F6N8O/c1-20(10-3-2-4-11(23)7-10)14-15(29)33-16(34-17(14)35-19(20)37)13-8-36-18(30-9-31-36)12(32-13)5-6-21(24,25)22(26,27)28/h2-4,7-9H,5-6H2,1H3,(H3,29,33,34,35,37). The number of amides is 1. The van der Waals surface area contributed by atoms with Crippen molar-refractivity contribution in [3.63, 3.8) is 0 Å². The highest BCUT2D eigenvalue weighted by Gasteiger charge is 2.56. The van der Waals surface area contributed by atoms with Crippen LogP contribution in [-0.4, -0.2) is 47.6 Å². The Balaban J connectivity index is 1.57. The number of nitrogens with two attached hydrogens (primary N) is 1. The zero-order valence-corrected chi connectivity index (χ0v) is 18.8. The van der Waals surface area contributed by atoms with Gasteiger partial charge in [0.25, 0.3) is 0 Å². The van der Waals surface area contributed by atoms with Gasteiger partial charge in [-0.25, -0.2) is 28.8 Å². The number of nitrogen functional groups attached to an aromatic ring is 1. The van der Waals surface area contributed by atoms with Gasteiger partial charge in [-0.05, 0) is 31.0 Å². The molecule has 0 saturated carbocycles. The van der Waals surface area contributed by atoms with E-state index in [2.05, 4.69) is 30.4 Å². The molecule has 1 aliphatic heterocycles. The lowest BCUT2D eigenvalue weighted by Gasteiger charge is -2.23. The van der Waals surface area contributed by atoms with Crippen LogP contribution in [-0.2, 0) is 16.6 Å². The molecular weight excluding hydrogens is 506 g/mol. The summed E-state index contributed by atoms with van der Waals surface area (Å²) in [4.78, 5) is 29.5. The first kappa shape index (κ1) is 24.4. The maximum absolute atomic E-state index is 13.9. The first-order valence-corrected chi connectivity index (χ1v) is 10.7. The van der Waals surface area contributed by atoms with Gasteiger partial charge >= 0.3 is 12.1 Å². The number of fused-ring (bicyclic) bond motifs is 2. The summed E-state index contributed by atoms with van der Waals surface area (Å²) < 4.78 is 80.1. The van der Waals surface area contributed by atoms with Gasteiger partial charge in [-0.15, -0.1) is 0 Å². The van der Waals surface area contributed by atoms with E-state index in [1.54, 1.807) is 6.07 Å². The van der Waals surface area contributed by atoms with Gasteiger partial charge < -0.3 is 11.1 Å². The number of anilines is 2. The third kappa shape index (κ3) is 3.90. The van der Waals surface area contributed by atoms with Crippen LogP contribution in [0.2, 0.25) is 0 Å². The molecule has 1 atom stereocenters. The van der Waals surface area contributed by atoms with E-state index >= 15 is 0 Å². The zero-order valence-electron chi connectivity index (χ0n) is 18.8. The van der Waals surface area contributed by atoms with Crippen LogP contribution in [0, 0.1) is 5.82 Å². The third-order valence-electron chi connectivity index (χ3n) is 6.18. The van der Waals surface area contributed by atoms with Crippen molar-refractivity contribution in [2.45, 2.75) is 37.3 Å². The van der Waals surface area contributed by atoms with Crippen LogP contribution in [0.15, 0.2) is 36.8 Å². The number of aromatic nitrogens is 6. The molecule has 1 unspecified atom stereocenters. The van der Waals surface area contributed by atoms with Crippen molar-refractivity contribution in [3.8, 4) is 11.5 Å². The summed E-state index contributed by atoms with van der Waals surface area (Å²) in [5, 5.41) is 6.49. The van der Waals surface area contributed by atoms with E-state index < -0.39 is 42.1 Å². The van der Waals surface area contributed by atoms with Crippen molar-refractivity contribution < 1.29 is 31.1 Å². The van der Waals surface area contributed by atoms with E-state index in [4.69, 9.17) is 5.73 Å². The quantitative estimate of drug-likeness (QED) is 0.383. The molecule has 0 spiro atoms. The van der Waals surface area contributed by atoms with Gasteiger partial charge in [-0.3, -0.25) is 4.79 Å². The molecule has 0 aliphatic carbocycles. The summed E-state index contributed by atoms with van der Waals surface area (Å²) >= 11 is 0. The molecule has 0 bridgehead atoms. The number of rotatable bonds is 5. The number of benzene rings is 1. The Hall–Kier alpha value is -4.30. The Kier molecular flexibility index (Phi) is 5.35. The van der Waals surface area contributed by atoms with Crippen LogP contribution in [0.5, 0.6) is 0 Å². The maximum Gasteiger partial charge on any atom is 0.453 e. The Morgan fingerprint density at radius 2 is 1.89 bits per heavy atom. The summed E-state index contributed by atoms with van der Waals surface area (Å²) in [5.41, 5.74) is 4.99. The van der Waals surface area contributed by atoms with Crippen molar-refractivity contribution >= 4 is 23.2 Å². The maximum atomic E-state index is 13.9. The molecule has 37 heavy (non-hydrogen) atoms. The van der Waals surface area contributed by atoms with Gasteiger partial charge in [-0.2, -0.15) is 27.1 Å². The average molecular weight is 522 g/mol. The molecule has 5 rings (SSSR count). The lowest BCUT2D eigenvalue weighted by molar-refractivity contribution is -0.284. The first-order valence-electron chi connectivity index (χ1n) is 10.7. The predicted molar refractivity (Wildman–Crippen MR) is 117 cm³/mol. The molecule has 0 fully saturated rings. The molecule has 0 saturated heterocycles. The molecule has 1 amide bonds. The summed E-state index contributed by atoms with van der Waals surface area (Å²) in [7, 11) is 0. The highest BCUT2D eigenvalue weighted by molar-refractivity contribution is 6.09. The predicted octanol–water partition coefficient (Wildman–Crippen LogP) is 3.69. The number of carbonyl (C=O) groups is 1. The highest BCUT2D eigenvalue weighted by Crippen LogP contribution is 2.45. The lowest BCUT2D eigenvalue weighted by atomic mass is 9.78. The third-order valence-corrected chi connectivity index (χ3v) is 6.18. The Labute approximate surface area is 203 Å². The van der Waals surface area contributed by atoms with Crippen molar-refractivity contribution in [2.24, 2.45) is 0 Å². The van der Waals surface area contributed by atoms with E-state index in [0.717, 1.165) is 10.8 Å². The monoisotopic (exact) mass is 522 g/mol. The van der Waals surface area contributed by atoms with Gasteiger partial charge in [0.1, 0.15) is 34.9 Å². The van der Waals surface area contributed by atoms with E-state index in [0.29, 0.717) is 5.56 Å². The fourth-order valence-electron chi connectivity index (χ4n) is 4.18. The topological polar surface area (TPSA) is 124 Å². The normalized spacial score (nSPS) is 17.8. The minimum absolute atomic E-state index is 0.0184. The van der Waals surface area contributed by atoms with Crippen LogP contribution < -0.4 is 11.1 Å².